The second kappa shape index (κ2) is 7.97. The maximum Gasteiger partial charge on any atom is 0.253 e. The number of hydrogen-bond donors (Lipinski definition) is 0. The molecular formula is C21H34N4O. The second-order valence-corrected chi connectivity index (χ2v) is 8.49. The normalized spacial score (nSPS) is 20.3. The van der Waals surface area contributed by atoms with Crippen LogP contribution in [0.4, 0.5) is 5.69 Å². The third kappa shape index (κ3) is 4.38. The molecule has 3 rings (SSSR count). The number of likely N-dealkylation sites (N-methyl/N-ethyl adjacent to an activating group) is 1. The number of piperazine rings is 1. The number of carbonyl (C=O) groups excluding carboxylic acids is 1. The molecule has 5 heteroatoms. The first-order chi connectivity index (χ1) is 12.4. The molecule has 0 atom stereocenters. The molecule has 0 saturated carbocycles. The molecule has 144 valence electrons. The summed E-state index contributed by atoms with van der Waals surface area (Å²) < 4.78 is 0. The summed E-state index contributed by atoms with van der Waals surface area (Å²) in [6.45, 7) is 12.8. The van der Waals surface area contributed by atoms with Crippen molar-refractivity contribution in [3.63, 3.8) is 0 Å². The number of nitrogens with zero attached hydrogens (tertiary/aromatic N) is 4. The van der Waals surface area contributed by atoms with Crippen LogP contribution in [-0.2, 0) is 0 Å². The minimum atomic E-state index is 0.176. The Morgan fingerprint density at radius 1 is 1.08 bits per heavy atom. The molecule has 0 aliphatic carbocycles. The van der Waals surface area contributed by atoms with E-state index in [1.165, 1.54) is 5.69 Å². The summed E-state index contributed by atoms with van der Waals surface area (Å²) in [5.41, 5.74) is 2.33. The number of rotatable bonds is 6. The number of anilines is 1. The molecule has 0 spiro atoms. The number of hydrogen-bond acceptors (Lipinski definition) is 4. The van der Waals surface area contributed by atoms with Gasteiger partial charge in [0, 0.05) is 55.9 Å². The van der Waals surface area contributed by atoms with E-state index in [0.29, 0.717) is 0 Å². The van der Waals surface area contributed by atoms with Crippen LogP contribution in [0.5, 0.6) is 0 Å². The fraction of sp³-hybridized carbons (Fsp3) is 0.667. The van der Waals surface area contributed by atoms with Gasteiger partial charge in [-0.05, 0) is 57.9 Å². The zero-order valence-electron chi connectivity index (χ0n) is 16.9. The molecule has 2 heterocycles. The van der Waals surface area contributed by atoms with Crippen molar-refractivity contribution in [2.75, 3.05) is 71.4 Å². The minimum absolute atomic E-state index is 0.176. The third-order valence-electron chi connectivity index (χ3n) is 5.89. The number of likely N-dealkylation sites (tertiary alicyclic amines) is 1. The molecule has 0 bridgehead atoms. The van der Waals surface area contributed by atoms with E-state index in [0.717, 1.165) is 64.3 Å². The maximum atomic E-state index is 12.7. The lowest BCUT2D eigenvalue weighted by atomic mass is 9.78. The largest absolute Gasteiger partial charge is 0.369 e. The van der Waals surface area contributed by atoms with Crippen molar-refractivity contribution >= 4 is 11.6 Å². The van der Waals surface area contributed by atoms with Gasteiger partial charge in [0.1, 0.15) is 0 Å². The lowest BCUT2D eigenvalue weighted by Crippen LogP contribution is -2.57. The third-order valence-corrected chi connectivity index (χ3v) is 5.89. The van der Waals surface area contributed by atoms with Crippen molar-refractivity contribution in [3.05, 3.63) is 29.8 Å². The highest BCUT2D eigenvalue weighted by Gasteiger charge is 2.41. The Kier molecular flexibility index (Phi) is 5.88. The number of benzene rings is 1. The first kappa shape index (κ1) is 19.2. The van der Waals surface area contributed by atoms with Gasteiger partial charge in [-0.25, -0.2) is 0 Å². The summed E-state index contributed by atoms with van der Waals surface area (Å²) in [5, 5.41) is 0. The molecule has 26 heavy (non-hydrogen) atoms. The highest BCUT2D eigenvalue weighted by Crippen LogP contribution is 2.34. The predicted octanol–water partition coefficient (Wildman–Crippen LogP) is 2.24. The van der Waals surface area contributed by atoms with E-state index in [2.05, 4.69) is 54.8 Å². The van der Waals surface area contributed by atoms with Gasteiger partial charge in [0.15, 0.2) is 0 Å². The molecule has 2 fully saturated rings. The van der Waals surface area contributed by atoms with Gasteiger partial charge in [0.2, 0.25) is 0 Å². The molecule has 2 aliphatic heterocycles. The first-order valence-corrected chi connectivity index (χ1v) is 9.91. The van der Waals surface area contributed by atoms with Gasteiger partial charge in [-0.3, -0.25) is 4.79 Å². The molecule has 1 amide bonds. The highest BCUT2D eigenvalue weighted by atomic mass is 16.2. The van der Waals surface area contributed by atoms with Crippen LogP contribution in [0.2, 0.25) is 0 Å². The zero-order chi connectivity index (χ0) is 18.7. The van der Waals surface area contributed by atoms with E-state index >= 15 is 0 Å². The van der Waals surface area contributed by atoms with Crippen LogP contribution in [-0.4, -0.2) is 87.1 Å². The zero-order valence-corrected chi connectivity index (χ0v) is 16.9. The lowest BCUT2D eigenvalue weighted by Gasteiger charge is -2.48. The smallest absolute Gasteiger partial charge is 0.253 e. The van der Waals surface area contributed by atoms with Crippen molar-refractivity contribution in [3.8, 4) is 0 Å². The number of amides is 1. The molecule has 2 saturated heterocycles. The van der Waals surface area contributed by atoms with Crippen molar-refractivity contribution in [1.82, 2.24) is 14.7 Å². The van der Waals surface area contributed by atoms with E-state index in [4.69, 9.17) is 0 Å². The predicted molar refractivity (Wildman–Crippen MR) is 108 cm³/mol. The van der Waals surface area contributed by atoms with E-state index in [9.17, 15) is 4.79 Å². The molecule has 0 aromatic heterocycles. The second-order valence-electron chi connectivity index (χ2n) is 8.49. The monoisotopic (exact) mass is 358 g/mol. The summed E-state index contributed by atoms with van der Waals surface area (Å²) >= 11 is 0. The minimum Gasteiger partial charge on any atom is -0.369 e. The maximum absolute atomic E-state index is 12.7. The topological polar surface area (TPSA) is 30.0 Å². The summed E-state index contributed by atoms with van der Waals surface area (Å²) in [6.07, 6.45) is 1.15. The van der Waals surface area contributed by atoms with Gasteiger partial charge in [-0.15, -0.1) is 0 Å². The van der Waals surface area contributed by atoms with E-state index in [-0.39, 0.29) is 11.3 Å². The van der Waals surface area contributed by atoms with Crippen LogP contribution < -0.4 is 4.90 Å². The molecule has 2 aliphatic rings. The van der Waals surface area contributed by atoms with Crippen LogP contribution in [0.1, 0.15) is 30.6 Å². The fourth-order valence-electron chi connectivity index (χ4n) is 3.99. The summed E-state index contributed by atoms with van der Waals surface area (Å²) in [7, 11) is 4.21. The van der Waals surface area contributed by atoms with Gasteiger partial charge in [-0.2, -0.15) is 0 Å². The number of carbonyl (C=O) groups is 1. The van der Waals surface area contributed by atoms with Gasteiger partial charge >= 0.3 is 0 Å². The van der Waals surface area contributed by atoms with Crippen LogP contribution in [0.25, 0.3) is 0 Å². The average molecular weight is 359 g/mol. The first-order valence-electron chi connectivity index (χ1n) is 9.91. The summed E-state index contributed by atoms with van der Waals surface area (Å²) in [5.74, 6) is 0.176. The Hall–Kier alpha value is -1.59. The van der Waals surface area contributed by atoms with Gasteiger partial charge < -0.3 is 19.6 Å². The van der Waals surface area contributed by atoms with Crippen molar-refractivity contribution < 1.29 is 4.79 Å². The molecular weight excluding hydrogens is 324 g/mol. The molecule has 1 aromatic carbocycles. The van der Waals surface area contributed by atoms with Crippen molar-refractivity contribution in [2.45, 2.75) is 20.3 Å². The van der Waals surface area contributed by atoms with Crippen LogP contribution >= 0.6 is 0 Å². The Labute approximate surface area is 158 Å². The Balaban J connectivity index is 1.52. The molecule has 0 radical (unpaired) electrons. The van der Waals surface area contributed by atoms with Crippen LogP contribution in [0.15, 0.2) is 24.3 Å². The fourth-order valence-corrected chi connectivity index (χ4v) is 3.99. The van der Waals surface area contributed by atoms with Crippen LogP contribution in [0.3, 0.4) is 0 Å². The SMILES string of the molecule is CCN1CCN(c2ccc(C(=O)N3CC(C)(CCN(C)C)C3)cc2)CC1. The quantitative estimate of drug-likeness (QED) is 0.780. The molecule has 0 unspecified atom stereocenters. The van der Waals surface area contributed by atoms with E-state index < -0.39 is 0 Å². The van der Waals surface area contributed by atoms with Crippen molar-refractivity contribution in [1.29, 1.82) is 0 Å². The summed E-state index contributed by atoms with van der Waals surface area (Å²) in [4.78, 5) is 21.8. The van der Waals surface area contributed by atoms with E-state index in [1.54, 1.807) is 0 Å². The lowest BCUT2D eigenvalue weighted by molar-refractivity contribution is 0.00810. The van der Waals surface area contributed by atoms with Crippen LogP contribution in [0, 0.1) is 5.41 Å². The standard InChI is InChI=1S/C21H34N4O/c1-5-23-12-14-24(15-13-23)19-8-6-18(7-9-19)20(26)25-16-21(2,17-25)10-11-22(3)4/h6-9H,5,10-17H2,1-4H3. The highest BCUT2D eigenvalue weighted by molar-refractivity contribution is 5.95. The van der Waals surface area contributed by atoms with Gasteiger partial charge in [-0.1, -0.05) is 13.8 Å². The Morgan fingerprint density at radius 2 is 1.69 bits per heavy atom. The molecule has 0 N–H and O–H groups in total. The Morgan fingerprint density at radius 3 is 2.23 bits per heavy atom. The van der Waals surface area contributed by atoms with Gasteiger partial charge in [0.25, 0.3) is 5.91 Å². The molecule has 5 nitrogen and oxygen atoms in total. The average Bonchev–Trinajstić information content (AvgIpc) is 2.64. The Bertz CT molecular complexity index is 599. The van der Waals surface area contributed by atoms with E-state index in [1.807, 2.05) is 17.0 Å². The van der Waals surface area contributed by atoms with Gasteiger partial charge in [0.05, 0.1) is 0 Å². The summed E-state index contributed by atoms with van der Waals surface area (Å²) in [6, 6.07) is 8.22. The van der Waals surface area contributed by atoms with Crippen molar-refractivity contribution in [2.24, 2.45) is 5.41 Å². The molecule has 1 aromatic rings.